The first-order chi connectivity index (χ1) is 15.4. The Morgan fingerprint density at radius 1 is 1.22 bits per heavy atom. The second kappa shape index (κ2) is 14.2. The highest BCUT2D eigenvalue weighted by molar-refractivity contribution is 5.82. The summed E-state index contributed by atoms with van der Waals surface area (Å²) in [5.74, 6) is 2.94. The molecule has 2 rings (SSSR count). The lowest BCUT2D eigenvalue weighted by molar-refractivity contribution is -0.144. The standard InChI is InChI=1S/C25H41N3O4/c1-4-22(17-24(30)32-16-6-7-19(2)3)27-25(31)21-8-5-15-28(18-21)23(29)10-9-20-11-13-26-14-12-20/h1,19-22,26H,5-18H2,2-3H3,(H,27,31)/t21-,22-/m1/s1. The first kappa shape index (κ1) is 26.2. The highest BCUT2D eigenvalue weighted by Gasteiger charge is 2.30. The topological polar surface area (TPSA) is 87.7 Å². The van der Waals surface area contributed by atoms with E-state index in [1.54, 1.807) is 0 Å². The fourth-order valence-corrected chi connectivity index (χ4v) is 4.42. The Balaban J connectivity index is 1.72. The number of carbonyl (C=O) groups excluding carboxylic acids is 3. The Kier molecular flexibility index (Phi) is 11.6. The zero-order chi connectivity index (χ0) is 23.3. The molecule has 2 heterocycles. The van der Waals surface area contributed by atoms with E-state index in [-0.39, 0.29) is 24.2 Å². The number of rotatable bonds is 11. The molecule has 0 bridgehead atoms. The van der Waals surface area contributed by atoms with Crippen LogP contribution in [-0.4, -0.2) is 61.5 Å². The van der Waals surface area contributed by atoms with E-state index < -0.39 is 12.0 Å². The van der Waals surface area contributed by atoms with Gasteiger partial charge < -0.3 is 20.3 Å². The molecule has 180 valence electrons. The molecule has 0 aromatic heterocycles. The summed E-state index contributed by atoms with van der Waals surface area (Å²) in [5.41, 5.74) is 0. The molecule has 2 N–H and O–H groups in total. The van der Waals surface area contributed by atoms with Gasteiger partial charge in [-0.25, -0.2) is 0 Å². The molecule has 32 heavy (non-hydrogen) atoms. The van der Waals surface area contributed by atoms with Crippen molar-refractivity contribution in [2.24, 2.45) is 17.8 Å². The van der Waals surface area contributed by atoms with Crippen LogP contribution in [0.1, 0.15) is 71.6 Å². The second-order valence-electron chi connectivity index (χ2n) is 9.60. The first-order valence-electron chi connectivity index (χ1n) is 12.3. The van der Waals surface area contributed by atoms with Crippen molar-refractivity contribution in [3.8, 4) is 12.3 Å². The molecule has 0 unspecified atom stereocenters. The highest BCUT2D eigenvalue weighted by atomic mass is 16.5. The van der Waals surface area contributed by atoms with Crippen LogP contribution >= 0.6 is 0 Å². The monoisotopic (exact) mass is 447 g/mol. The normalized spacial score (nSPS) is 20.4. The predicted molar refractivity (Wildman–Crippen MR) is 125 cm³/mol. The molecule has 2 fully saturated rings. The number of nitrogens with zero attached hydrogens (tertiary/aromatic N) is 1. The number of ether oxygens (including phenoxy) is 1. The molecule has 0 aromatic rings. The number of amides is 2. The van der Waals surface area contributed by atoms with Gasteiger partial charge in [-0.3, -0.25) is 14.4 Å². The van der Waals surface area contributed by atoms with Crippen LogP contribution in [0.25, 0.3) is 0 Å². The Morgan fingerprint density at radius 2 is 1.97 bits per heavy atom. The average molecular weight is 448 g/mol. The van der Waals surface area contributed by atoms with Crippen LogP contribution < -0.4 is 10.6 Å². The summed E-state index contributed by atoms with van der Waals surface area (Å²) < 4.78 is 5.23. The Hall–Kier alpha value is -2.07. The van der Waals surface area contributed by atoms with Crippen molar-refractivity contribution in [2.45, 2.75) is 77.7 Å². The maximum atomic E-state index is 12.8. The molecule has 7 nitrogen and oxygen atoms in total. The maximum absolute atomic E-state index is 12.8. The molecule has 2 aliphatic rings. The van der Waals surface area contributed by atoms with Crippen LogP contribution in [0.2, 0.25) is 0 Å². The van der Waals surface area contributed by atoms with E-state index in [1.807, 2.05) is 4.90 Å². The van der Waals surface area contributed by atoms with Gasteiger partial charge in [0.25, 0.3) is 0 Å². The third kappa shape index (κ3) is 9.60. The van der Waals surface area contributed by atoms with Gasteiger partial charge in [0, 0.05) is 19.5 Å². The van der Waals surface area contributed by atoms with E-state index in [0.29, 0.717) is 38.0 Å². The third-order valence-electron chi connectivity index (χ3n) is 6.45. The summed E-state index contributed by atoms with van der Waals surface area (Å²) in [7, 11) is 0. The Morgan fingerprint density at radius 3 is 2.66 bits per heavy atom. The molecule has 0 spiro atoms. The van der Waals surface area contributed by atoms with Gasteiger partial charge in [-0.2, -0.15) is 0 Å². The summed E-state index contributed by atoms with van der Waals surface area (Å²) in [6, 6.07) is -0.689. The van der Waals surface area contributed by atoms with Crippen LogP contribution in [0, 0.1) is 30.1 Å². The van der Waals surface area contributed by atoms with Gasteiger partial charge in [-0.05, 0) is 69.9 Å². The van der Waals surface area contributed by atoms with Crippen molar-refractivity contribution in [1.82, 2.24) is 15.5 Å². The Bertz CT molecular complexity index is 652. The van der Waals surface area contributed by atoms with Gasteiger partial charge in [-0.15, -0.1) is 6.42 Å². The third-order valence-corrected chi connectivity index (χ3v) is 6.45. The summed E-state index contributed by atoms with van der Waals surface area (Å²) in [4.78, 5) is 39.3. The molecule has 0 radical (unpaired) electrons. The van der Waals surface area contributed by atoms with Crippen LogP contribution in [0.15, 0.2) is 0 Å². The minimum atomic E-state index is -0.689. The van der Waals surface area contributed by atoms with Crippen molar-refractivity contribution in [3.05, 3.63) is 0 Å². The number of piperidine rings is 2. The largest absolute Gasteiger partial charge is 0.466 e. The van der Waals surface area contributed by atoms with Crippen molar-refractivity contribution >= 4 is 17.8 Å². The molecular formula is C25H41N3O4. The molecule has 2 saturated heterocycles. The van der Waals surface area contributed by atoms with Crippen LogP contribution in [0.4, 0.5) is 0 Å². The number of hydrogen-bond acceptors (Lipinski definition) is 5. The van der Waals surface area contributed by atoms with E-state index >= 15 is 0 Å². The number of likely N-dealkylation sites (tertiary alicyclic amines) is 1. The molecule has 2 atom stereocenters. The lowest BCUT2D eigenvalue weighted by Gasteiger charge is -2.33. The number of hydrogen-bond donors (Lipinski definition) is 2. The summed E-state index contributed by atoms with van der Waals surface area (Å²) >= 11 is 0. The number of nitrogens with one attached hydrogen (secondary N) is 2. The number of esters is 1. The maximum Gasteiger partial charge on any atom is 0.308 e. The lowest BCUT2D eigenvalue weighted by Crippen LogP contribution is -2.47. The van der Waals surface area contributed by atoms with E-state index in [2.05, 4.69) is 30.4 Å². The molecule has 2 amide bonds. The van der Waals surface area contributed by atoms with Crippen LogP contribution in [0.3, 0.4) is 0 Å². The molecule has 0 aromatic carbocycles. The van der Waals surface area contributed by atoms with Crippen molar-refractivity contribution in [1.29, 1.82) is 0 Å². The zero-order valence-electron chi connectivity index (χ0n) is 19.9. The summed E-state index contributed by atoms with van der Waals surface area (Å²) in [6.07, 6.45) is 12.6. The average Bonchev–Trinajstić information content (AvgIpc) is 2.80. The van der Waals surface area contributed by atoms with Crippen molar-refractivity contribution in [3.63, 3.8) is 0 Å². The molecule has 2 aliphatic heterocycles. The minimum Gasteiger partial charge on any atom is -0.466 e. The van der Waals surface area contributed by atoms with Gasteiger partial charge >= 0.3 is 5.97 Å². The number of carbonyl (C=O) groups is 3. The van der Waals surface area contributed by atoms with Crippen LogP contribution in [-0.2, 0) is 19.1 Å². The second-order valence-corrected chi connectivity index (χ2v) is 9.60. The van der Waals surface area contributed by atoms with Crippen molar-refractivity contribution in [2.75, 3.05) is 32.8 Å². The lowest BCUT2D eigenvalue weighted by atomic mass is 9.92. The van der Waals surface area contributed by atoms with E-state index in [1.165, 1.54) is 0 Å². The van der Waals surface area contributed by atoms with E-state index in [9.17, 15) is 14.4 Å². The molecule has 0 saturated carbocycles. The van der Waals surface area contributed by atoms with Gasteiger partial charge in [0.05, 0.1) is 18.9 Å². The van der Waals surface area contributed by atoms with Gasteiger partial charge in [0.1, 0.15) is 6.04 Å². The fraction of sp³-hybridized carbons (Fsp3) is 0.800. The fourth-order valence-electron chi connectivity index (χ4n) is 4.42. The van der Waals surface area contributed by atoms with Crippen molar-refractivity contribution < 1.29 is 19.1 Å². The first-order valence-corrected chi connectivity index (χ1v) is 12.3. The Labute approximate surface area is 193 Å². The predicted octanol–water partition coefficient (Wildman–Crippen LogP) is 2.49. The van der Waals surface area contributed by atoms with E-state index in [4.69, 9.17) is 11.2 Å². The van der Waals surface area contributed by atoms with Gasteiger partial charge in [0.2, 0.25) is 11.8 Å². The SMILES string of the molecule is C#C[C@H](CC(=O)OCCCC(C)C)NC(=O)[C@@H]1CCCN(C(=O)CCC2CCNCC2)C1. The van der Waals surface area contributed by atoms with E-state index in [0.717, 1.165) is 58.0 Å². The number of terminal acetylenes is 1. The molecular weight excluding hydrogens is 406 g/mol. The quantitative estimate of drug-likeness (QED) is 0.289. The van der Waals surface area contributed by atoms with Gasteiger partial charge in [0.15, 0.2) is 0 Å². The summed E-state index contributed by atoms with van der Waals surface area (Å²) in [6.45, 7) is 7.82. The zero-order valence-corrected chi connectivity index (χ0v) is 19.9. The molecule has 7 heteroatoms. The van der Waals surface area contributed by atoms with Gasteiger partial charge in [-0.1, -0.05) is 19.8 Å². The highest BCUT2D eigenvalue weighted by Crippen LogP contribution is 2.21. The smallest absolute Gasteiger partial charge is 0.308 e. The van der Waals surface area contributed by atoms with Crippen LogP contribution in [0.5, 0.6) is 0 Å². The molecule has 0 aliphatic carbocycles. The summed E-state index contributed by atoms with van der Waals surface area (Å²) in [5, 5.41) is 6.15. The minimum absolute atomic E-state index is 0.0322.